The Kier molecular flexibility index (Phi) is 5.86. The van der Waals surface area contributed by atoms with Crippen molar-refractivity contribution in [2.24, 2.45) is 5.73 Å². The van der Waals surface area contributed by atoms with Crippen LogP contribution in [0.15, 0.2) is 0 Å². The third kappa shape index (κ3) is 5.08. The normalized spacial score (nSPS) is 16.6. The fourth-order valence-electron chi connectivity index (χ4n) is 0.599. The zero-order valence-electron chi connectivity index (χ0n) is 9.02. The third-order valence-corrected chi connectivity index (χ3v) is 3.83. The smallest absolute Gasteiger partial charge is 0.333 e. The molecule has 0 radical (unpaired) electrons. The van der Waals surface area contributed by atoms with Crippen molar-refractivity contribution in [1.29, 1.82) is 0 Å². The van der Waals surface area contributed by atoms with Crippen LogP contribution in [0.3, 0.4) is 0 Å². The molecule has 1 atom stereocenters. The summed E-state index contributed by atoms with van der Waals surface area (Å²) in [6.07, 6.45) is 0. The molecule has 0 aliphatic rings. The lowest BCUT2D eigenvalue weighted by Gasteiger charge is -2.24. The summed E-state index contributed by atoms with van der Waals surface area (Å²) in [5.41, 5.74) is 5.20. The van der Waals surface area contributed by atoms with Gasteiger partial charge in [-0.25, -0.2) is 0 Å². The zero-order chi connectivity index (χ0) is 11.2. The molecule has 5 nitrogen and oxygen atoms in total. The molecule has 0 aliphatic heterocycles. The van der Waals surface area contributed by atoms with Gasteiger partial charge in [0.05, 0.1) is 25.0 Å². The predicted octanol–water partition coefficient (Wildman–Crippen LogP) is 0.962. The van der Waals surface area contributed by atoms with Crippen LogP contribution in [0.1, 0.15) is 20.8 Å². The first kappa shape index (κ1) is 14.1. The number of ether oxygens (including phenoxy) is 1. The topological polar surface area (TPSA) is 81.8 Å². The molecule has 0 amide bonds. The Balaban J connectivity index is 3.73. The van der Waals surface area contributed by atoms with Crippen LogP contribution in [0.5, 0.6) is 0 Å². The van der Waals surface area contributed by atoms with Gasteiger partial charge < -0.3 is 19.9 Å². The van der Waals surface area contributed by atoms with E-state index in [0.29, 0.717) is 13.2 Å². The summed E-state index contributed by atoms with van der Waals surface area (Å²) in [5.74, 6) is 0. The van der Waals surface area contributed by atoms with Crippen molar-refractivity contribution < 1.29 is 18.7 Å². The first-order valence-electron chi connectivity index (χ1n) is 4.56. The average molecular weight is 225 g/mol. The lowest BCUT2D eigenvalue weighted by atomic mass is 10.3. The average Bonchev–Trinajstić information content (AvgIpc) is 2.02. The molecule has 86 valence electrons. The first-order chi connectivity index (χ1) is 6.31. The van der Waals surface area contributed by atoms with Crippen LogP contribution in [0, 0.1) is 0 Å². The van der Waals surface area contributed by atoms with Crippen LogP contribution >= 0.6 is 7.60 Å². The molecule has 0 heterocycles. The molecule has 0 aliphatic carbocycles. The molecule has 0 fully saturated rings. The monoisotopic (exact) mass is 225 g/mol. The fourth-order valence-corrected chi connectivity index (χ4v) is 1.31. The number of hydrogen-bond donors (Lipinski definition) is 2. The van der Waals surface area contributed by atoms with Gasteiger partial charge in [-0.15, -0.1) is 0 Å². The van der Waals surface area contributed by atoms with E-state index in [9.17, 15) is 9.46 Å². The standard InChI is InChI=1S/C8H20NO4P/c1-8(2,3)14(10,11)13-7-6-12-5-4-9/h4-7,9H2,1-3H3,(H,10,11). The van der Waals surface area contributed by atoms with Crippen molar-refractivity contribution in [1.82, 2.24) is 0 Å². The molecule has 1 unspecified atom stereocenters. The molecule has 0 spiro atoms. The van der Waals surface area contributed by atoms with Crippen LogP contribution < -0.4 is 5.73 Å². The van der Waals surface area contributed by atoms with Gasteiger partial charge in [-0.05, 0) is 20.8 Å². The minimum absolute atomic E-state index is 0.116. The lowest BCUT2D eigenvalue weighted by molar-refractivity contribution is 0.0982. The first-order valence-corrected chi connectivity index (χ1v) is 6.14. The van der Waals surface area contributed by atoms with Crippen LogP contribution in [0.4, 0.5) is 0 Å². The van der Waals surface area contributed by atoms with Crippen molar-refractivity contribution in [3.05, 3.63) is 0 Å². The Morgan fingerprint density at radius 2 is 1.86 bits per heavy atom. The van der Waals surface area contributed by atoms with E-state index in [1.165, 1.54) is 0 Å². The van der Waals surface area contributed by atoms with Gasteiger partial charge in [-0.3, -0.25) is 4.57 Å². The van der Waals surface area contributed by atoms with Gasteiger partial charge in [-0.1, -0.05) is 0 Å². The van der Waals surface area contributed by atoms with E-state index in [0.717, 1.165) is 0 Å². The molecule has 0 bridgehead atoms. The summed E-state index contributed by atoms with van der Waals surface area (Å²) in [5, 5.41) is -0.749. The molecule has 0 saturated heterocycles. The van der Waals surface area contributed by atoms with Crippen LogP contribution in [-0.2, 0) is 13.8 Å². The molecular formula is C8H20NO4P. The second-order valence-corrected chi connectivity index (χ2v) is 6.57. The van der Waals surface area contributed by atoms with E-state index in [1.807, 2.05) is 0 Å². The maximum absolute atomic E-state index is 11.5. The summed E-state index contributed by atoms with van der Waals surface area (Å²) in [7, 11) is -3.54. The zero-order valence-corrected chi connectivity index (χ0v) is 9.92. The Morgan fingerprint density at radius 1 is 1.29 bits per heavy atom. The van der Waals surface area contributed by atoms with Gasteiger partial charge in [0.2, 0.25) is 0 Å². The Morgan fingerprint density at radius 3 is 2.29 bits per heavy atom. The summed E-state index contributed by atoms with van der Waals surface area (Å²) in [6.45, 7) is 6.27. The summed E-state index contributed by atoms with van der Waals surface area (Å²) >= 11 is 0. The molecule has 0 saturated carbocycles. The predicted molar refractivity (Wildman–Crippen MR) is 55.4 cm³/mol. The van der Waals surface area contributed by atoms with Gasteiger partial charge in [-0.2, -0.15) is 0 Å². The van der Waals surface area contributed by atoms with Crippen LogP contribution in [0.25, 0.3) is 0 Å². The van der Waals surface area contributed by atoms with E-state index < -0.39 is 12.8 Å². The number of nitrogens with two attached hydrogens (primary N) is 1. The van der Waals surface area contributed by atoms with Crippen molar-refractivity contribution in [2.45, 2.75) is 25.9 Å². The highest BCUT2D eigenvalue weighted by atomic mass is 31.2. The highest BCUT2D eigenvalue weighted by Crippen LogP contribution is 2.54. The van der Waals surface area contributed by atoms with Gasteiger partial charge in [0.15, 0.2) is 0 Å². The van der Waals surface area contributed by atoms with Crippen LogP contribution in [0.2, 0.25) is 0 Å². The SMILES string of the molecule is CC(C)(C)P(=O)(O)OCCOCCN. The van der Waals surface area contributed by atoms with Gasteiger partial charge >= 0.3 is 7.60 Å². The molecule has 0 rings (SSSR count). The van der Waals surface area contributed by atoms with Gasteiger partial charge in [0.1, 0.15) is 0 Å². The molecule has 6 heteroatoms. The maximum Gasteiger partial charge on any atom is 0.333 e. The summed E-state index contributed by atoms with van der Waals surface area (Å²) in [4.78, 5) is 9.46. The summed E-state index contributed by atoms with van der Waals surface area (Å²) < 4.78 is 21.4. The molecular weight excluding hydrogens is 205 g/mol. The highest BCUT2D eigenvalue weighted by molar-refractivity contribution is 7.54. The van der Waals surface area contributed by atoms with E-state index in [4.69, 9.17) is 15.0 Å². The third-order valence-electron chi connectivity index (χ3n) is 1.60. The quantitative estimate of drug-likeness (QED) is 0.519. The van der Waals surface area contributed by atoms with Crippen molar-refractivity contribution in [2.75, 3.05) is 26.4 Å². The summed E-state index contributed by atoms with van der Waals surface area (Å²) in [6, 6.07) is 0. The highest BCUT2D eigenvalue weighted by Gasteiger charge is 2.35. The Bertz CT molecular complexity index is 202. The Hall–Kier alpha value is 0.0700. The van der Waals surface area contributed by atoms with E-state index >= 15 is 0 Å². The van der Waals surface area contributed by atoms with Crippen LogP contribution in [-0.4, -0.2) is 36.4 Å². The largest absolute Gasteiger partial charge is 0.378 e. The number of hydrogen-bond acceptors (Lipinski definition) is 4. The fraction of sp³-hybridized carbons (Fsp3) is 1.00. The minimum Gasteiger partial charge on any atom is -0.378 e. The number of rotatable bonds is 6. The van der Waals surface area contributed by atoms with Gasteiger partial charge in [0, 0.05) is 6.54 Å². The van der Waals surface area contributed by atoms with E-state index in [1.54, 1.807) is 20.8 Å². The molecule has 14 heavy (non-hydrogen) atoms. The lowest BCUT2D eigenvalue weighted by Crippen LogP contribution is -2.18. The van der Waals surface area contributed by atoms with Crippen molar-refractivity contribution in [3.8, 4) is 0 Å². The molecule has 3 N–H and O–H groups in total. The van der Waals surface area contributed by atoms with E-state index in [2.05, 4.69) is 0 Å². The molecule has 0 aromatic carbocycles. The van der Waals surface area contributed by atoms with Gasteiger partial charge in [0.25, 0.3) is 0 Å². The molecule has 0 aromatic heterocycles. The minimum atomic E-state index is -3.54. The second kappa shape index (κ2) is 5.83. The second-order valence-electron chi connectivity index (χ2n) is 3.93. The van der Waals surface area contributed by atoms with Crippen molar-refractivity contribution in [3.63, 3.8) is 0 Å². The maximum atomic E-state index is 11.5. The Labute approximate surface area is 85.1 Å². The van der Waals surface area contributed by atoms with E-state index in [-0.39, 0.29) is 13.2 Å². The molecule has 0 aromatic rings. The van der Waals surface area contributed by atoms with Crippen molar-refractivity contribution >= 4 is 7.60 Å².